The summed E-state index contributed by atoms with van der Waals surface area (Å²) in [6.07, 6.45) is 2.13. The molecular weight excluding hydrogens is 316 g/mol. The molecule has 0 spiro atoms. The molecule has 1 aliphatic carbocycles. The van der Waals surface area contributed by atoms with Crippen molar-refractivity contribution in [3.63, 3.8) is 0 Å². The zero-order chi connectivity index (χ0) is 18.1. The van der Waals surface area contributed by atoms with E-state index in [0.29, 0.717) is 23.5 Å². The van der Waals surface area contributed by atoms with Crippen molar-refractivity contribution < 1.29 is 5.11 Å². The Bertz CT molecular complexity index is 878. The number of phenolic OH excluding ortho intramolecular Hbond substituents is 1. The van der Waals surface area contributed by atoms with E-state index in [-0.39, 0.29) is 0 Å². The molecular formula is C25H26O. The van der Waals surface area contributed by atoms with Crippen molar-refractivity contribution in [1.29, 1.82) is 0 Å². The number of phenols is 1. The monoisotopic (exact) mass is 342 g/mol. The molecule has 0 bridgehead atoms. The van der Waals surface area contributed by atoms with E-state index in [1.807, 2.05) is 12.1 Å². The van der Waals surface area contributed by atoms with E-state index in [1.54, 1.807) is 0 Å². The van der Waals surface area contributed by atoms with E-state index in [1.165, 1.54) is 27.8 Å². The first-order chi connectivity index (χ1) is 12.6. The summed E-state index contributed by atoms with van der Waals surface area (Å²) in [4.78, 5) is 0. The van der Waals surface area contributed by atoms with Crippen LogP contribution in [0.5, 0.6) is 5.75 Å². The zero-order valence-electron chi connectivity index (χ0n) is 15.5. The molecule has 1 nitrogen and oxygen atoms in total. The Balaban J connectivity index is 1.82. The molecule has 1 aliphatic rings. The third kappa shape index (κ3) is 3.14. The maximum atomic E-state index is 9.93. The molecule has 0 unspecified atom stereocenters. The summed E-state index contributed by atoms with van der Waals surface area (Å²) in [5.41, 5.74) is 6.81. The lowest BCUT2D eigenvalue weighted by Crippen LogP contribution is -2.20. The average molecular weight is 342 g/mol. The quantitative estimate of drug-likeness (QED) is 0.586. The predicted molar refractivity (Wildman–Crippen MR) is 108 cm³/mol. The average Bonchev–Trinajstić information content (AvgIpc) is 2.67. The molecule has 132 valence electrons. The van der Waals surface area contributed by atoms with Gasteiger partial charge in [0.25, 0.3) is 0 Å². The van der Waals surface area contributed by atoms with Gasteiger partial charge in [-0.3, -0.25) is 0 Å². The van der Waals surface area contributed by atoms with Gasteiger partial charge in [0.1, 0.15) is 5.75 Å². The topological polar surface area (TPSA) is 20.2 Å². The molecule has 2 atom stereocenters. The van der Waals surface area contributed by atoms with Gasteiger partial charge in [0, 0.05) is 5.92 Å². The second-order valence-electron chi connectivity index (χ2n) is 7.74. The van der Waals surface area contributed by atoms with Crippen LogP contribution in [0.25, 0.3) is 0 Å². The fourth-order valence-electron chi connectivity index (χ4n) is 4.37. The fraction of sp³-hybridized carbons (Fsp3) is 0.280. The molecule has 0 fully saturated rings. The number of rotatable bonds is 3. The van der Waals surface area contributed by atoms with Crippen LogP contribution in [0.1, 0.15) is 65.8 Å². The highest BCUT2D eigenvalue weighted by molar-refractivity contribution is 5.47. The fourth-order valence-corrected chi connectivity index (χ4v) is 4.37. The Hall–Kier alpha value is -2.54. The first kappa shape index (κ1) is 16.9. The van der Waals surface area contributed by atoms with Crippen molar-refractivity contribution in [2.45, 2.75) is 44.4 Å². The molecule has 0 aromatic heterocycles. The maximum absolute atomic E-state index is 9.93. The number of aryl methyl sites for hydroxylation is 1. The number of hydrogen-bond acceptors (Lipinski definition) is 1. The van der Waals surface area contributed by atoms with Gasteiger partial charge in [0.2, 0.25) is 0 Å². The minimum Gasteiger partial charge on any atom is -0.508 e. The van der Waals surface area contributed by atoms with Crippen molar-refractivity contribution in [2.75, 3.05) is 0 Å². The lowest BCUT2D eigenvalue weighted by molar-refractivity contribution is 0.469. The molecule has 0 saturated heterocycles. The Morgan fingerprint density at radius 3 is 2.27 bits per heavy atom. The minimum atomic E-state index is 0.336. The standard InChI is InChI=1S/C25H26O/c1-17(2)18-8-10-20(11-9-18)25-23(19-6-4-3-5-7-19)14-12-21-16-22(26)13-15-24(21)25/h3-11,13,15-17,23,25-26H,12,14H2,1-2H3/t23-,25+/m0/s1. The van der Waals surface area contributed by atoms with Gasteiger partial charge in [-0.05, 0) is 64.6 Å². The van der Waals surface area contributed by atoms with Crippen molar-refractivity contribution in [2.24, 2.45) is 0 Å². The molecule has 3 aromatic carbocycles. The lowest BCUT2D eigenvalue weighted by atomic mass is 9.69. The third-order valence-corrected chi connectivity index (χ3v) is 5.78. The van der Waals surface area contributed by atoms with Crippen LogP contribution < -0.4 is 0 Å². The predicted octanol–water partition coefficient (Wildman–Crippen LogP) is 6.38. The molecule has 1 N–H and O–H groups in total. The van der Waals surface area contributed by atoms with Crippen LogP contribution in [-0.4, -0.2) is 5.11 Å². The second kappa shape index (κ2) is 6.99. The summed E-state index contributed by atoms with van der Waals surface area (Å²) in [6, 6.07) is 25.9. The van der Waals surface area contributed by atoms with Crippen LogP contribution >= 0.6 is 0 Å². The molecule has 0 aliphatic heterocycles. The third-order valence-electron chi connectivity index (χ3n) is 5.78. The molecule has 0 radical (unpaired) electrons. The second-order valence-corrected chi connectivity index (χ2v) is 7.74. The van der Waals surface area contributed by atoms with Crippen molar-refractivity contribution >= 4 is 0 Å². The van der Waals surface area contributed by atoms with Crippen LogP contribution in [0.4, 0.5) is 0 Å². The minimum absolute atomic E-state index is 0.336. The normalized spacial score (nSPS) is 19.3. The summed E-state index contributed by atoms with van der Waals surface area (Å²) in [5, 5.41) is 9.93. The van der Waals surface area contributed by atoms with E-state index < -0.39 is 0 Å². The highest BCUT2D eigenvalue weighted by Crippen LogP contribution is 2.46. The SMILES string of the molecule is CC(C)c1ccc([C@H]2c3ccc(O)cc3CC[C@H]2c2ccccc2)cc1. The van der Waals surface area contributed by atoms with Crippen LogP contribution in [0.15, 0.2) is 72.8 Å². The Kier molecular flexibility index (Phi) is 4.55. The summed E-state index contributed by atoms with van der Waals surface area (Å²) in [5.74, 6) is 1.72. The molecule has 0 heterocycles. The first-order valence-electron chi connectivity index (χ1n) is 9.60. The zero-order valence-corrected chi connectivity index (χ0v) is 15.5. The van der Waals surface area contributed by atoms with Crippen molar-refractivity contribution in [1.82, 2.24) is 0 Å². The van der Waals surface area contributed by atoms with Crippen LogP contribution in [-0.2, 0) is 6.42 Å². The van der Waals surface area contributed by atoms with Crippen molar-refractivity contribution in [3.8, 4) is 5.75 Å². The summed E-state index contributed by atoms with van der Waals surface area (Å²) < 4.78 is 0. The van der Waals surface area contributed by atoms with Gasteiger partial charge in [-0.25, -0.2) is 0 Å². The van der Waals surface area contributed by atoms with Crippen LogP contribution in [0.2, 0.25) is 0 Å². The first-order valence-corrected chi connectivity index (χ1v) is 9.60. The molecule has 4 rings (SSSR count). The van der Waals surface area contributed by atoms with E-state index in [0.717, 1.165) is 12.8 Å². The van der Waals surface area contributed by atoms with Gasteiger partial charge < -0.3 is 5.11 Å². The van der Waals surface area contributed by atoms with E-state index in [2.05, 4.69) is 74.5 Å². The number of aromatic hydroxyl groups is 1. The number of fused-ring (bicyclic) bond motifs is 1. The lowest BCUT2D eigenvalue weighted by Gasteiger charge is -2.35. The van der Waals surface area contributed by atoms with E-state index in [9.17, 15) is 5.11 Å². The van der Waals surface area contributed by atoms with Gasteiger partial charge in [0.15, 0.2) is 0 Å². The highest BCUT2D eigenvalue weighted by Gasteiger charge is 2.32. The summed E-state index contributed by atoms with van der Waals surface area (Å²) in [6.45, 7) is 4.47. The van der Waals surface area contributed by atoms with Gasteiger partial charge >= 0.3 is 0 Å². The van der Waals surface area contributed by atoms with Gasteiger partial charge in [-0.15, -0.1) is 0 Å². The Morgan fingerprint density at radius 2 is 1.58 bits per heavy atom. The molecule has 3 aromatic rings. The Morgan fingerprint density at radius 1 is 0.846 bits per heavy atom. The van der Waals surface area contributed by atoms with Crippen LogP contribution in [0.3, 0.4) is 0 Å². The highest BCUT2D eigenvalue weighted by atomic mass is 16.3. The van der Waals surface area contributed by atoms with E-state index in [4.69, 9.17) is 0 Å². The maximum Gasteiger partial charge on any atom is 0.115 e. The summed E-state index contributed by atoms with van der Waals surface area (Å²) >= 11 is 0. The molecule has 1 heteroatoms. The largest absolute Gasteiger partial charge is 0.508 e. The smallest absolute Gasteiger partial charge is 0.115 e. The molecule has 0 amide bonds. The summed E-state index contributed by atoms with van der Waals surface area (Å²) in [7, 11) is 0. The van der Waals surface area contributed by atoms with E-state index >= 15 is 0 Å². The number of hydrogen-bond donors (Lipinski definition) is 1. The number of benzene rings is 3. The van der Waals surface area contributed by atoms with Gasteiger partial charge in [0.05, 0.1) is 0 Å². The Labute approximate surface area is 156 Å². The van der Waals surface area contributed by atoms with Crippen molar-refractivity contribution in [3.05, 3.63) is 101 Å². The van der Waals surface area contributed by atoms with Gasteiger partial charge in [-0.2, -0.15) is 0 Å². The van der Waals surface area contributed by atoms with Gasteiger partial charge in [-0.1, -0.05) is 74.5 Å². The molecule has 0 saturated carbocycles. The molecule has 26 heavy (non-hydrogen) atoms. The van der Waals surface area contributed by atoms with Crippen LogP contribution in [0, 0.1) is 0 Å².